The summed E-state index contributed by atoms with van der Waals surface area (Å²) in [4.78, 5) is 18.4. The number of rotatable bonds is 5. The molecular weight excluding hydrogens is 312 g/mol. The van der Waals surface area contributed by atoms with Crippen LogP contribution >= 0.6 is 0 Å². The number of amides is 1. The van der Waals surface area contributed by atoms with E-state index in [4.69, 9.17) is 4.74 Å². The predicted molar refractivity (Wildman–Crippen MR) is 102 cm³/mol. The Morgan fingerprint density at radius 1 is 1.12 bits per heavy atom. The second-order valence-corrected chi connectivity index (χ2v) is 6.06. The Balaban J connectivity index is 2.21. The summed E-state index contributed by atoms with van der Waals surface area (Å²) in [5.74, 6) is 0.713. The molecule has 0 atom stereocenters. The van der Waals surface area contributed by atoms with Crippen LogP contribution in [0.15, 0.2) is 42.5 Å². The highest BCUT2D eigenvalue weighted by Gasteiger charge is 2.21. The van der Waals surface area contributed by atoms with Crippen LogP contribution in [0.4, 0.5) is 0 Å². The van der Waals surface area contributed by atoms with Gasteiger partial charge in [-0.05, 0) is 50.6 Å². The highest BCUT2D eigenvalue weighted by molar-refractivity contribution is 6.03. The molecule has 2 aromatic carbocycles. The summed E-state index contributed by atoms with van der Waals surface area (Å²) in [7, 11) is 1.62. The van der Waals surface area contributed by atoms with Gasteiger partial charge in [0.15, 0.2) is 0 Å². The van der Waals surface area contributed by atoms with Gasteiger partial charge in [0.1, 0.15) is 5.75 Å². The summed E-state index contributed by atoms with van der Waals surface area (Å²) >= 11 is 0. The van der Waals surface area contributed by atoms with Crippen LogP contribution in [0.25, 0.3) is 22.2 Å². The topological polar surface area (TPSA) is 45.3 Å². The van der Waals surface area contributed by atoms with Gasteiger partial charge in [-0.2, -0.15) is 0 Å². The fourth-order valence-corrected chi connectivity index (χ4v) is 3.28. The van der Waals surface area contributed by atoms with Crippen molar-refractivity contribution in [2.75, 3.05) is 20.2 Å². The van der Waals surface area contributed by atoms with Crippen LogP contribution in [-0.4, -0.2) is 36.0 Å². The summed E-state index contributed by atoms with van der Waals surface area (Å²) in [5.41, 5.74) is 4.78. The Morgan fingerprint density at radius 2 is 1.84 bits per heavy atom. The van der Waals surface area contributed by atoms with Gasteiger partial charge in [-0.25, -0.2) is 0 Å². The quantitative estimate of drug-likeness (QED) is 0.738. The number of ether oxygens (including phenoxy) is 1. The van der Waals surface area contributed by atoms with Gasteiger partial charge in [-0.15, -0.1) is 0 Å². The number of benzene rings is 2. The Bertz CT molecular complexity index is 907. The molecule has 0 saturated heterocycles. The van der Waals surface area contributed by atoms with Crippen molar-refractivity contribution >= 4 is 16.8 Å². The molecule has 0 fully saturated rings. The molecule has 4 nitrogen and oxygen atoms in total. The number of fused-ring (bicyclic) bond motifs is 1. The Hall–Kier alpha value is -2.75. The second kappa shape index (κ2) is 7.01. The lowest BCUT2D eigenvalue weighted by molar-refractivity contribution is 0.0773. The zero-order valence-electron chi connectivity index (χ0n) is 15.2. The molecule has 4 heteroatoms. The molecule has 0 aliphatic rings. The van der Waals surface area contributed by atoms with E-state index in [2.05, 4.69) is 24.0 Å². The molecule has 0 aliphatic heterocycles. The Morgan fingerprint density at radius 3 is 2.48 bits per heavy atom. The third-order valence-electron chi connectivity index (χ3n) is 4.74. The van der Waals surface area contributed by atoms with Gasteiger partial charge >= 0.3 is 0 Å². The summed E-state index contributed by atoms with van der Waals surface area (Å²) < 4.78 is 5.35. The molecule has 1 heterocycles. The van der Waals surface area contributed by atoms with Crippen LogP contribution in [0.3, 0.4) is 0 Å². The van der Waals surface area contributed by atoms with Gasteiger partial charge in [0, 0.05) is 29.6 Å². The van der Waals surface area contributed by atoms with E-state index in [0.717, 1.165) is 22.3 Å². The van der Waals surface area contributed by atoms with Gasteiger partial charge in [0.05, 0.1) is 18.4 Å². The van der Waals surface area contributed by atoms with Crippen molar-refractivity contribution in [3.8, 4) is 17.0 Å². The standard InChI is InChI=1S/C21H24N2O2/c1-5-23(6-2)21(24)18-13-15(25-4)11-12-17(18)20-14(3)16-9-7-8-10-19(16)22-20/h7-13,22H,5-6H2,1-4H3. The minimum atomic E-state index is 0.0250. The zero-order valence-corrected chi connectivity index (χ0v) is 15.2. The Kier molecular flexibility index (Phi) is 4.79. The van der Waals surface area contributed by atoms with Crippen molar-refractivity contribution in [3.63, 3.8) is 0 Å². The first-order valence-electron chi connectivity index (χ1n) is 8.65. The van der Waals surface area contributed by atoms with Crippen molar-refractivity contribution in [1.29, 1.82) is 0 Å². The van der Waals surface area contributed by atoms with E-state index in [9.17, 15) is 4.79 Å². The van der Waals surface area contributed by atoms with Gasteiger partial charge in [-0.1, -0.05) is 18.2 Å². The van der Waals surface area contributed by atoms with Crippen LogP contribution in [0.1, 0.15) is 29.8 Å². The van der Waals surface area contributed by atoms with Gasteiger partial charge < -0.3 is 14.6 Å². The molecule has 0 spiro atoms. The maximum atomic E-state index is 13.1. The maximum absolute atomic E-state index is 13.1. The van der Waals surface area contributed by atoms with Crippen LogP contribution < -0.4 is 4.74 Å². The van der Waals surface area contributed by atoms with Crippen molar-refractivity contribution in [2.24, 2.45) is 0 Å². The largest absolute Gasteiger partial charge is 0.497 e. The van der Waals surface area contributed by atoms with Crippen molar-refractivity contribution < 1.29 is 9.53 Å². The number of methoxy groups -OCH3 is 1. The molecule has 0 radical (unpaired) electrons. The van der Waals surface area contributed by atoms with E-state index < -0.39 is 0 Å². The van der Waals surface area contributed by atoms with Crippen molar-refractivity contribution in [1.82, 2.24) is 9.88 Å². The zero-order chi connectivity index (χ0) is 18.0. The number of aromatic nitrogens is 1. The lowest BCUT2D eigenvalue weighted by Crippen LogP contribution is -2.30. The van der Waals surface area contributed by atoms with Crippen molar-refractivity contribution in [2.45, 2.75) is 20.8 Å². The fraction of sp³-hybridized carbons (Fsp3) is 0.286. The minimum Gasteiger partial charge on any atom is -0.497 e. The van der Waals surface area contributed by atoms with Gasteiger partial charge in [-0.3, -0.25) is 4.79 Å². The first-order valence-corrected chi connectivity index (χ1v) is 8.65. The summed E-state index contributed by atoms with van der Waals surface area (Å²) in [5, 5.41) is 1.18. The molecule has 0 unspecified atom stereocenters. The lowest BCUT2D eigenvalue weighted by Gasteiger charge is -2.21. The fourth-order valence-electron chi connectivity index (χ4n) is 3.28. The number of nitrogens with one attached hydrogen (secondary N) is 1. The maximum Gasteiger partial charge on any atom is 0.254 e. The van der Waals surface area contributed by atoms with E-state index in [1.807, 2.05) is 49.1 Å². The number of hydrogen-bond acceptors (Lipinski definition) is 2. The van der Waals surface area contributed by atoms with E-state index >= 15 is 0 Å². The molecule has 3 rings (SSSR count). The average molecular weight is 336 g/mol. The number of H-pyrrole nitrogens is 1. The SMILES string of the molecule is CCN(CC)C(=O)c1cc(OC)ccc1-c1[nH]c2ccccc2c1C. The van der Waals surface area contributed by atoms with E-state index in [1.54, 1.807) is 7.11 Å². The number of carbonyl (C=O) groups excluding carboxylic acids is 1. The normalized spacial score (nSPS) is 10.9. The highest BCUT2D eigenvalue weighted by Crippen LogP contribution is 2.33. The number of hydrogen-bond donors (Lipinski definition) is 1. The predicted octanol–water partition coefficient (Wildman–Crippen LogP) is 4.63. The Labute approximate surface area is 148 Å². The summed E-state index contributed by atoms with van der Waals surface area (Å²) in [6, 6.07) is 13.9. The summed E-state index contributed by atoms with van der Waals surface area (Å²) in [6.45, 7) is 7.43. The minimum absolute atomic E-state index is 0.0250. The van der Waals surface area contributed by atoms with Crippen molar-refractivity contribution in [3.05, 3.63) is 53.6 Å². The van der Waals surface area contributed by atoms with Crippen LogP contribution in [0.5, 0.6) is 5.75 Å². The number of carbonyl (C=O) groups is 1. The molecule has 0 bridgehead atoms. The first-order chi connectivity index (χ1) is 12.1. The average Bonchev–Trinajstić information content (AvgIpc) is 2.99. The molecule has 0 aliphatic carbocycles. The molecule has 1 N–H and O–H groups in total. The van der Waals surface area contributed by atoms with Gasteiger partial charge in [0.25, 0.3) is 5.91 Å². The van der Waals surface area contributed by atoms with Crippen LogP contribution in [0, 0.1) is 6.92 Å². The number of para-hydroxylation sites is 1. The smallest absolute Gasteiger partial charge is 0.254 e. The molecule has 25 heavy (non-hydrogen) atoms. The third kappa shape index (κ3) is 3.00. The highest BCUT2D eigenvalue weighted by atomic mass is 16.5. The molecular formula is C21H24N2O2. The molecule has 0 saturated carbocycles. The van der Waals surface area contributed by atoms with E-state index in [1.165, 1.54) is 5.39 Å². The molecule has 3 aromatic rings. The van der Waals surface area contributed by atoms with E-state index in [0.29, 0.717) is 24.4 Å². The molecule has 130 valence electrons. The second-order valence-electron chi connectivity index (χ2n) is 6.06. The van der Waals surface area contributed by atoms with Gasteiger partial charge in [0.2, 0.25) is 0 Å². The van der Waals surface area contributed by atoms with E-state index in [-0.39, 0.29) is 5.91 Å². The molecule has 1 aromatic heterocycles. The van der Waals surface area contributed by atoms with Crippen LogP contribution in [-0.2, 0) is 0 Å². The van der Waals surface area contributed by atoms with Crippen LogP contribution in [0.2, 0.25) is 0 Å². The molecule has 1 amide bonds. The number of aryl methyl sites for hydroxylation is 1. The third-order valence-corrected chi connectivity index (χ3v) is 4.74. The first kappa shape index (κ1) is 17.1. The monoisotopic (exact) mass is 336 g/mol. The summed E-state index contributed by atoms with van der Waals surface area (Å²) in [6.07, 6.45) is 0. The number of nitrogens with zero attached hydrogens (tertiary/aromatic N) is 1. The lowest BCUT2D eigenvalue weighted by atomic mass is 9.99. The number of aromatic amines is 1.